The first-order valence-corrected chi connectivity index (χ1v) is 11.4. The number of pyridine rings is 2. The van der Waals surface area contributed by atoms with Gasteiger partial charge in [-0.25, -0.2) is 19.5 Å². The molecule has 0 spiro atoms. The third-order valence-electron chi connectivity index (χ3n) is 5.74. The highest BCUT2D eigenvalue weighted by molar-refractivity contribution is 6.29. The van der Waals surface area contributed by atoms with Crippen molar-refractivity contribution in [1.82, 2.24) is 24.6 Å². The van der Waals surface area contributed by atoms with E-state index in [2.05, 4.69) is 36.0 Å². The van der Waals surface area contributed by atoms with Crippen LogP contribution in [0.15, 0.2) is 55.0 Å². The highest BCUT2D eigenvalue weighted by Gasteiger charge is 2.21. The molecular weight excluding hydrogens is 454 g/mol. The summed E-state index contributed by atoms with van der Waals surface area (Å²) in [6.07, 6.45) is 8.58. The third kappa shape index (κ3) is 4.92. The molecule has 0 saturated heterocycles. The van der Waals surface area contributed by atoms with Gasteiger partial charge in [-0.05, 0) is 49.9 Å². The van der Waals surface area contributed by atoms with Gasteiger partial charge in [-0.1, -0.05) is 17.7 Å². The van der Waals surface area contributed by atoms with Crippen LogP contribution in [0, 0.1) is 0 Å². The van der Waals surface area contributed by atoms with Crippen LogP contribution in [-0.2, 0) is 0 Å². The van der Waals surface area contributed by atoms with Gasteiger partial charge in [0.25, 0.3) is 5.91 Å². The minimum atomic E-state index is -0.369. The van der Waals surface area contributed by atoms with Crippen LogP contribution in [0.5, 0.6) is 0 Å². The number of nitrogens with one attached hydrogen (secondary N) is 3. The van der Waals surface area contributed by atoms with Crippen molar-refractivity contribution in [2.24, 2.45) is 5.73 Å². The molecule has 174 valence electrons. The first-order valence-electron chi connectivity index (χ1n) is 11.1. The molecule has 1 aliphatic rings. The molecule has 1 amide bonds. The highest BCUT2D eigenvalue weighted by atomic mass is 35.5. The zero-order valence-corrected chi connectivity index (χ0v) is 19.0. The van der Waals surface area contributed by atoms with E-state index >= 15 is 0 Å². The Morgan fingerprint density at radius 3 is 2.65 bits per heavy atom. The van der Waals surface area contributed by atoms with E-state index in [1.165, 1.54) is 16.9 Å². The normalized spacial score (nSPS) is 17.9. The van der Waals surface area contributed by atoms with Crippen molar-refractivity contribution in [3.8, 4) is 0 Å². The minimum Gasteiger partial charge on any atom is -0.366 e. The number of hydrogen-bond acceptors (Lipinski definition) is 8. The van der Waals surface area contributed by atoms with Crippen molar-refractivity contribution in [3.63, 3.8) is 0 Å². The summed E-state index contributed by atoms with van der Waals surface area (Å²) < 4.78 is 1.53. The zero-order valence-electron chi connectivity index (χ0n) is 18.3. The molecule has 0 bridgehead atoms. The van der Waals surface area contributed by atoms with Gasteiger partial charge in [0, 0.05) is 36.2 Å². The van der Waals surface area contributed by atoms with Crippen LogP contribution in [0.1, 0.15) is 36.2 Å². The van der Waals surface area contributed by atoms with Crippen LogP contribution in [0.4, 0.5) is 23.0 Å². The van der Waals surface area contributed by atoms with Gasteiger partial charge in [0.1, 0.15) is 16.8 Å². The lowest BCUT2D eigenvalue weighted by atomic mass is 9.92. The van der Waals surface area contributed by atoms with Gasteiger partial charge in [0.2, 0.25) is 0 Å². The highest BCUT2D eigenvalue weighted by Crippen LogP contribution is 2.26. The maximum atomic E-state index is 13.1. The van der Waals surface area contributed by atoms with Crippen molar-refractivity contribution in [1.29, 1.82) is 0 Å². The maximum absolute atomic E-state index is 13.1. The molecule has 4 aromatic rings. The second-order valence-corrected chi connectivity index (χ2v) is 8.63. The predicted molar refractivity (Wildman–Crippen MR) is 132 cm³/mol. The lowest BCUT2D eigenvalue weighted by molar-refractivity contribution is 0.102. The number of carbonyl (C=O) groups is 1. The second-order valence-electron chi connectivity index (χ2n) is 8.24. The molecule has 5 N–H and O–H groups in total. The number of carbonyl (C=O) groups excluding carboxylic acids is 1. The smallest absolute Gasteiger partial charge is 0.276 e. The second kappa shape index (κ2) is 9.62. The van der Waals surface area contributed by atoms with Crippen LogP contribution in [0.3, 0.4) is 0 Å². The van der Waals surface area contributed by atoms with Crippen LogP contribution < -0.4 is 21.7 Å². The number of rotatable bonds is 6. The fourth-order valence-corrected chi connectivity index (χ4v) is 4.18. The van der Waals surface area contributed by atoms with Crippen LogP contribution in [0.25, 0.3) is 5.65 Å². The zero-order chi connectivity index (χ0) is 23.5. The summed E-state index contributed by atoms with van der Waals surface area (Å²) in [4.78, 5) is 25.8. The van der Waals surface area contributed by atoms with Crippen molar-refractivity contribution in [3.05, 3.63) is 65.8 Å². The Bertz CT molecular complexity index is 1300. The Balaban J connectivity index is 1.49. The van der Waals surface area contributed by atoms with Gasteiger partial charge in [-0.2, -0.15) is 0 Å². The van der Waals surface area contributed by atoms with Gasteiger partial charge < -0.3 is 21.7 Å². The molecular formula is C23H24ClN9O. The number of anilines is 4. The molecule has 1 aliphatic carbocycles. The molecule has 4 aromatic heterocycles. The van der Waals surface area contributed by atoms with E-state index in [0.717, 1.165) is 25.7 Å². The molecule has 4 heterocycles. The average molecular weight is 478 g/mol. The van der Waals surface area contributed by atoms with Crippen LogP contribution >= 0.6 is 11.6 Å². The van der Waals surface area contributed by atoms with E-state index in [9.17, 15) is 4.79 Å². The SMILES string of the molecule is NC1CCC(Nc2cc(Nc3ccccn3)c3ncc(C(=O)Nc4ccnc(Cl)c4)n3n2)CC1. The Hall–Kier alpha value is -3.76. The molecule has 0 atom stereocenters. The van der Waals surface area contributed by atoms with Crippen LogP contribution in [-0.4, -0.2) is 42.6 Å². The largest absolute Gasteiger partial charge is 0.366 e. The summed E-state index contributed by atoms with van der Waals surface area (Å²) in [6.45, 7) is 0. The molecule has 0 aromatic carbocycles. The van der Waals surface area contributed by atoms with E-state index in [-0.39, 0.29) is 28.8 Å². The number of aromatic nitrogens is 5. The Kier molecular flexibility index (Phi) is 6.24. The maximum Gasteiger partial charge on any atom is 0.276 e. The Morgan fingerprint density at radius 1 is 1.03 bits per heavy atom. The summed E-state index contributed by atoms with van der Waals surface area (Å²) in [5.41, 5.74) is 8.04. The summed E-state index contributed by atoms with van der Waals surface area (Å²) in [5, 5.41) is 14.6. The molecule has 1 fully saturated rings. The van der Waals surface area contributed by atoms with Gasteiger partial charge in [0.15, 0.2) is 11.3 Å². The molecule has 11 heteroatoms. The van der Waals surface area contributed by atoms with Crippen molar-refractivity contribution < 1.29 is 4.79 Å². The van der Waals surface area contributed by atoms with Gasteiger partial charge in [-0.15, -0.1) is 5.10 Å². The molecule has 0 unspecified atom stereocenters. The number of nitrogens with two attached hydrogens (primary N) is 1. The van der Waals surface area contributed by atoms with E-state index in [4.69, 9.17) is 17.3 Å². The van der Waals surface area contributed by atoms with Gasteiger partial charge in [-0.3, -0.25) is 4.79 Å². The fraction of sp³-hybridized carbons (Fsp3) is 0.261. The standard InChI is InChI=1S/C23H24ClN9O/c24-19-11-16(8-10-26-19)30-23(34)18-13-28-22-17(31-20-3-1-2-9-27-20)12-21(32-33(18)22)29-15-6-4-14(25)5-7-15/h1-3,8-15H,4-7,25H2,(H,27,31)(H,29,32)(H,26,30,34). The lowest BCUT2D eigenvalue weighted by Gasteiger charge is -2.27. The number of nitrogens with zero attached hydrogens (tertiary/aromatic N) is 5. The first kappa shape index (κ1) is 22.1. The molecule has 0 aliphatic heterocycles. The summed E-state index contributed by atoms with van der Waals surface area (Å²) >= 11 is 5.95. The molecule has 1 saturated carbocycles. The topological polar surface area (TPSA) is 135 Å². The molecule has 5 rings (SSSR count). The molecule has 10 nitrogen and oxygen atoms in total. The Morgan fingerprint density at radius 2 is 1.88 bits per heavy atom. The molecule has 34 heavy (non-hydrogen) atoms. The first-order chi connectivity index (χ1) is 16.5. The summed E-state index contributed by atoms with van der Waals surface area (Å²) in [7, 11) is 0. The quantitative estimate of drug-likeness (QED) is 0.307. The van der Waals surface area contributed by atoms with E-state index < -0.39 is 0 Å². The number of hydrogen-bond donors (Lipinski definition) is 4. The van der Waals surface area contributed by atoms with E-state index in [0.29, 0.717) is 28.7 Å². The predicted octanol–water partition coefficient (Wildman–Crippen LogP) is 3.85. The number of imidazole rings is 1. The van der Waals surface area contributed by atoms with Crippen molar-refractivity contribution >= 4 is 46.2 Å². The number of halogens is 1. The van der Waals surface area contributed by atoms with Crippen molar-refractivity contribution in [2.45, 2.75) is 37.8 Å². The molecule has 0 radical (unpaired) electrons. The van der Waals surface area contributed by atoms with E-state index in [1.807, 2.05) is 24.3 Å². The van der Waals surface area contributed by atoms with Gasteiger partial charge >= 0.3 is 0 Å². The monoisotopic (exact) mass is 477 g/mol. The third-order valence-corrected chi connectivity index (χ3v) is 5.94. The average Bonchev–Trinajstić information content (AvgIpc) is 3.26. The van der Waals surface area contributed by atoms with Gasteiger partial charge in [0.05, 0.1) is 11.9 Å². The summed E-state index contributed by atoms with van der Waals surface area (Å²) in [6, 6.07) is 11.2. The van der Waals surface area contributed by atoms with E-state index in [1.54, 1.807) is 18.3 Å². The lowest BCUT2D eigenvalue weighted by Crippen LogP contribution is -2.33. The summed E-state index contributed by atoms with van der Waals surface area (Å²) in [5.74, 6) is 0.919. The number of fused-ring (bicyclic) bond motifs is 1. The fourth-order valence-electron chi connectivity index (χ4n) is 4.01. The van der Waals surface area contributed by atoms with Crippen LogP contribution in [0.2, 0.25) is 5.15 Å². The van der Waals surface area contributed by atoms with Crippen molar-refractivity contribution in [2.75, 3.05) is 16.0 Å². The minimum absolute atomic E-state index is 0.250. The Labute approximate surface area is 201 Å². The number of amides is 1.